The molecular formula is C16H20N2O3. The third kappa shape index (κ3) is 2.77. The lowest BCUT2D eigenvalue weighted by Gasteiger charge is -2.45. The second kappa shape index (κ2) is 5.84. The van der Waals surface area contributed by atoms with Gasteiger partial charge in [-0.25, -0.2) is 0 Å². The van der Waals surface area contributed by atoms with Gasteiger partial charge in [0.15, 0.2) is 0 Å². The number of hydrogen-bond donors (Lipinski definition) is 2. The maximum absolute atomic E-state index is 12.5. The summed E-state index contributed by atoms with van der Waals surface area (Å²) >= 11 is 0. The molecular weight excluding hydrogens is 268 g/mol. The molecule has 0 aromatic carbocycles. The lowest BCUT2D eigenvalue weighted by atomic mass is 9.58. The Bertz CT molecular complexity index is 524. The number of fused-ring (bicyclic) bond motifs is 3. The Kier molecular flexibility index (Phi) is 3.90. The van der Waals surface area contributed by atoms with Gasteiger partial charge in [0.1, 0.15) is 0 Å². The molecule has 5 heteroatoms. The molecule has 21 heavy (non-hydrogen) atoms. The summed E-state index contributed by atoms with van der Waals surface area (Å²) in [6, 6.07) is 3.72. The van der Waals surface area contributed by atoms with E-state index >= 15 is 0 Å². The van der Waals surface area contributed by atoms with Crippen LogP contribution in [0.25, 0.3) is 0 Å². The highest BCUT2D eigenvalue weighted by atomic mass is 16.4. The number of rotatable bonds is 4. The highest BCUT2D eigenvalue weighted by Gasteiger charge is 2.50. The Labute approximate surface area is 123 Å². The van der Waals surface area contributed by atoms with Crippen LogP contribution in [-0.4, -0.2) is 22.0 Å². The lowest BCUT2D eigenvalue weighted by molar-refractivity contribution is -0.158. The Morgan fingerprint density at radius 1 is 1.19 bits per heavy atom. The Morgan fingerprint density at radius 3 is 2.43 bits per heavy atom. The van der Waals surface area contributed by atoms with Crippen LogP contribution < -0.4 is 5.32 Å². The summed E-state index contributed by atoms with van der Waals surface area (Å²) in [5, 5.41) is 12.4. The molecule has 2 N–H and O–H groups in total. The smallest absolute Gasteiger partial charge is 0.307 e. The fraction of sp³-hybridized carbons (Fsp3) is 0.562. The number of carbonyl (C=O) groups excluding carboxylic acids is 1. The third-order valence-electron chi connectivity index (χ3n) is 5.00. The van der Waals surface area contributed by atoms with Crippen molar-refractivity contribution in [2.75, 3.05) is 0 Å². The van der Waals surface area contributed by atoms with Crippen molar-refractivity contribution in [3.8, 4) is 0 Å². The zero-order valence-corrected chi connectivity index (χ0v) is 11.9. The summed E-state index contributed by atoms with van der Waals surface area (Å²) in [5.74, 6) is -1.41. The molecule has 0 aliphatic heterocycles. The van der Waals surface area contributed by atoms with Gasteiger partial charge in [0.2, 0.25) is 5.91 Å². The minimum Gasteiger partial charge on any atom is -0.481 e. The van der Waals surface area contributed by atoms with Gasteiger partial charge in [0.05, 0.1) is 11.8 Å². The van der Waals surface area contributed by atoms with Gasteiger partial charge in [-0.15, -0.1) is 0 Å². The molecule has 0 spiro atoms. The molecule has 5 nitrogen and oxygen atoms in total. The first-order valence-corrected chi connectivity index (χ1v) is 7.56. The maximum atomic E-state index is 12.5. The molecule has 0 unspecified atom stereocenters. The van der Waals surface area contributed by atoms with Gasteiger partial charge in [0.25, 0.3) is 0 Å². The second-order valence-corrected chi connectivity index (χ2v) is 6.14. The molecule has 2 bridgehead atoms. The van der Waals surface area contributed by atoms with E-state index in [4.69, 9.17) is 0 Å². The molecule has 3 fully saturated rings. The van der Waals surface area contributed by atoms with Crippen LogP contribution in [0.1, 0.15) is 31.2 Å². The Balaban J connectivity index is 1.69. The number of carboxylic acids is 1. The minimum atomic E-state index is -0.814. The third-order valence-corrected chi connectivity index (χ3v) is 5.00. The first-order valence-electron chi connectivity index (χ1n) is 7.56. The van der Waals surface area contributed by atoms with Crippen molar-refractivity contribution in [1.29, 1.82) is 0 Å². The number of aromatic nitrogens is 1. The topological polar surface area (TPSA) is 79.3 Å². The number of aliphatic carboxylic acids is 1. The van der Waals surface area contributed by atoms with E-state index in [2.05, 4.69) is 10.3 Å². The van der Waals surface area contributed by atoms with Gasteiger partial charge < -0.3 is 10.4 Å². The predicted molar refractivity (Wildman–Crippen MR) is 76.1 cm³/mol. The molecule has 3 aliphatic rings. The molecule has 2 atom stereocenters. The van der Waals surface area contributed by atoms with Crippen molar-refractivity contribution in [2.45, 2.75) is 32.2 Å². The van der Waals surface area contributed by atoms with Gasteiger partial charge in [0, 0.05) is 18.9 Å². The lowest BCUT2D eigenvalue weighted by Crippen LogP contribution is -2.50. The van der Waals surface area contributed by atoms with Crippen LogP contribution in [-0.2, 0) is 16.1 Å². The molecule has 112 valence electrons. The first-order chi connectivity index (χ1) is 10.2. The van der Waals surface area contributed by atoms with Crippen molar-refractivity contribution in [1.82, 2.24) is 10.3 Å². The molecule has 4 rings (SSSR count). The van der Waals surface area contributed by atoms with Crippen LogP contribution in [0.4, 0.5) is 0 Å². The number of carbonyl (C=O) groups is 2. The summed E-state index contributed by atoms with van der Waals surface area (Å²) < 4.78 is 0. The summed E-state index contributed by atoms with van der Waals surface area (Å²) in [6.45, 7) is 0.410. The van der Waals surface area contributed by atoms with Crippen molar-refractivity contribution < 1.29 is 14.7 Å². The quantitative estimate of drug-likeness (QED) is 0.886. The molecule has 1 aromatic rings. The number of nitrogens with one attached hydrogen (secondary N) is 1. The van der Waals surface area contributed by atoms with Crippen LogP contribution in [0, 0.1) is 23.7 Å². The first kappa shape index (κ1) is 14.0. The van der Waals surface area contributed by atoms with Crippen molar-refractivity contribution in [3.63, 3.8) is 0 Å². The zero-order valence-electron chi connectivity index (χ0n) is 11.9. The van der Waals surface area contributed by atoms with Crippen molar-refractivity contribution in [3.05, 3.63) is 30.1 Å². The van der Waals surface area contributed by atoms with E-state index in [1.165, 1.54) is 0 Å². The summed E-state index contributed by atoms with van der Waals surface area (Å²) in [5.41, 5.74) is 0.929. The summed E-state index contributed by atoms with van der Waals surface area (Å²) in [4.78, 5) is 28.0. The predicted octanol–water partition coefficient (Wildman–Crippen LogP) is 1.83. The summed E-state index contributed by atoms with van der Waals surface area (Å²) in [6.07, 6.45) is 7.27. The van der Waals surface area contributed by atoms with Gasteiger partial charge in [-0.1, -0.05) is 6.07 Å². The number of amides is 1. The Hall–Kier alpha value is -1.91. The maximum Gasteiger partial charge on any atom is 0.307 e. The van der Waals surface area contributed by atoms with Crippen LogP contribution in [0.3, 0.4) is 0 Å². The number of pyridine rings is 1. The molecule has 1 aromatic heterocycles. The van der Waals surface area contributed by atoms with E-state index in [0.29, 0.717) is 6.54 Å². The fourth-order valence-electron chi connectivity index (χ4n) is 3.99. The van der Waals surface area contributed by atoms with Crippen LogP contribution in [0.15, 0.2) is 24.5 Å². The highest BCUT2D eigenvalue weighted by Crippen LogP contribution is 2.49. The van der Waals surface area contributed by atoms with E-state index in [-0.39, 0.29) is 23.7 Å². The highest BCUT2D eigenvalue weighted by molar-refractivity contribution is 5.85. The molecule has 1 amide bonds. The van der Waals surface area contributed by atoms with Crippen LogP contribution in [0.5, 0.6) is 0 Å². The number of hydrogen-bond acceptors (Lipinski definition) is 3. The van der Waals surface area contributed by atoms with Gasteiger partial charge in [-0.2, -0.15) is 0 Å². The zero-order chi connectivity index (χ0) is 14.8. The molecule has 0 saturated heterocycles. The standard InChI is InChI=1S/C16H20N2O3/c19-15(18-9-10-2-1-7-17-8-10)13-11-3-5-12(6-4-11)14(13)16(20)21/h1-2,7-8,11-14H,3-6,9H2,(H,18,19)(H,20,21)/t11?,12?,13-,14+/m1/s1. The Morgan fingerprint density at radius 2 is 1.86 bits per heavy atom. The number of carboxylic acid groups (broad SMARTS) is 1. The second-order valence-electron chi connectivity index (χ2n) is 6.14. The van der Waals surface area contributed by atoms with E-state index < -0.39 is 11.9 Å². The SMILES string of the molecule is O=C(NCc1cccnc1)[C@@H]1C2CCC(CC2)[C@@H]1C(=O)O. The van der Waals surface area contributed by atoms with Crippen LogP contribution in [0.2, 0.25) is 0 Å². The number of nitrogens with zero attached hydrogens (tertiary/aromatic N) is 1. The van der Waals surface area contributed by atoms with E-state index in [1.54, 1.807) is 12.4 Å². The van der Waals surface area contributed by atoms with Gasteiger partial charge >= 0.3 is 5.97 Å². The van der Waals surface area contributed by atoms with E-state index in [9.17, 15) is 14.7 Å². The normalized spacial score (nSPS) is 30.9. The molecule has 3 saturated carbocycles. The van der Waals surface area contributed by atoms with E-state index in [0.717, 1.165) is 31.2 Å². The van der Waals surface area contributed by atoms with Gasteiger partial charge in [-0.3, -0.25) is 14.6 Å². The average molecular weight is 288 g/mol. The molecule has 3 aliphatic carbocycles. The minimum absolute atomic E-state index is 0.111. The van der Waals surface area contributed by atoms with E-state index in [1.807, 2.05) is 12.1 Å². The van der Waals surface area contributed by atoms with Crippen molar-refractivity contribution in [2.24, 2.45) is 23.7 Å². The van der Waals surface area contributed by atoms with Gasteiger partial charge in [-0.05, 0) is 49.1 Å². The average Bonchev–Trinajstić information content (AvgIpc) is 2.53. The fourth-order valence-corrected chi connectivity index (χ4v) is 3.99. The monoisotopic (exact) mass is 288 g/mol. The molecule has 1 heterocycles. The van der Waals surface area contributed by atoms with Crippen molar-refractivity contribution >= 4 is 11.9 Å². The summed E-state index contributed by atoms with van der Waals surface area (Å²) in [7, 11) is 0. The molecule has 0 radical (unpaired) electrons. The van der Waals surface area contributed by atoms with Crippen LogP contribution >= 0.6 is 0 Å². The largest absolute Gasteiger partial charge is 0.481 e.